The van der Waals surface area contributed by atoms with E-state index in [1.54, 1.807) is 7.11 Å². The number of imide groups is 1. The molecule has 2 amide bonds. The summed E-state index contributed by atoms with van der Waals surface area (Å²) in [4.78, 5) is 57.6. The van der Waals surface area contributed by atoms with Crippen molar-refractivity contribution in [2.24, 2.45) is 0 Å². The number of carbonyl (C=O) groups is 4. The number of thioether (sulfide) groups is 1. The predicted octanol–water partition coefficient (Wildman–Crippen LogP) is 7.21. The number of Topliss-reactive ketones (excluding diaryl/α,β-unsaturated/α-hetero) is 1. The molecule has 0 radical (unpaired) electrons. The fourth-order valence-electron chi connectivity index (χ4n) is 5.37. The van der Waals surface area contributed by atoms with Gasteiger partial charge in [0.1, 0.15) is 22.7 Å². The third-order valence-electron chi connectivity index (χ3n) is 8.07. The molecule has 0 N–H and O–H groups in total. The second-order valence-corrected chi connectivity index (χ2v) is 12.6. The lowest BCUT2D eigenvalue weighted by Crippen LogP contribution is -2.31. The van der Waals surface area contributed by atoms with Crippen LogP contribution in [-0.4, -0.2) is 47.5 Å². The van der Waals surface area contributed by atoms with Gasteiger partial charge in [0.15, 0.2) is 12.4 Å². The number of halogens is 1. The zero-order chi connectivity index (χ0) is 35.4. The van der Waals surface area contributed by atoms with E-state index in [2.05, 4.69) is 6.07 Å². The number of ketones is 1. The minimum absolute atomic E-state index is 0.104. The molecule has 9 nitrogen and oxygen atoms in total. The number of esters is 1. The molecule has 4 aromatic carbocycles. The summed E-state index contributed by atoms with van der Waals surface area (Å²) in [6, 6.07) is 29.7. The number of hydrogen-bond donors (Lipinski definition) is 0. The fraction of sp³-hybridized carbons (Fsp3) is 0.128. The van der Waals surface area contributed by atoms with Crippen molar-refractivity contribution in [3.05, 3.63) is 131 Å². The zero-order valence-electron chi connectivity index (χ0n) is 26.9. The first-order valence-electron chi connectivity index (χ1n) is 15.4. The van der Waals surface area contributed by atoms with E-state index in [4.69, 9.17) is 14.5 Å². The smallest absolute Gasteiger partial charge is 0.338 e. The number of nitrogens with zero attached hydrogens (tertiary/aromatic N) is 3. The summed E-state index contributed by atoms with van der Waals surface area (Å²) in [5.41, 5.74) is 4.71. The van der Waals surface area contributed by atoms with E-state index in [0.717, 1.165) is 45.5 Å². The van der Waals surface area contributed by atoms with Gasteiger partial charge >= 0.3 is 5.97 Å². The van der Waals surface area contributed by atoms with Crippen molar-refractivity contribution in [1.82, 2.24) is 4.98 Å². The number of hydrogen-bond acceptors (Lipinski definition) is 9. The van der Waals surface area contributed by atoms with E-state index in [1.807, 2.05) is 61.5 Å². The first-order valence-corrected chi connectivity index (χ1v) is 16.3. The molecular formula is C39H28FN3O6S. The van der Waals surface area contributed by atoms with E-state index >= 15 is 0 Å². The van der Waals surface area contributed by atoms with E-state index in [0.29, 0.717) is 22.0 Å². The van der Waals surface area contributed by atoms with Crippen LogP contribution < -0.4 is 9.64 Å². The first kappa shape index (κ1) is 33.8. The summed E-state index contributed by atoms with van der Waals surface area (Å²) in [5, 5.41) is 9.78. The number of aryl methyl sites for hydroxylation is 1. The number of nitriles is 1. The van der Waals surface area contributed by atoms with Gasteiger partial charge in [0.25, 0.3) is 0 Å². The predicted molar refractivity (Wildman–Crippen MR) is 185 cm³/mol. The van der Waals surface area contributed by atoms with Gasteiger partial charge in [-0.05, 0) is 91.3 Å². The number of carbonyl (C=O) groups excluding carboxylic acids is 4. The van der Waals surface area contributed by atoms with Gasteiger partial charge in [0.2, 0.25) is 11.8 Å². The minimum Gasteiger partial charge on any atom is -0.497 e. The third-order valence-corrected chi connectivity index (χ3v) is 9.24. The van der Waals surface area contributed by atoms with Crippen LogP contribution in [0.3, 0.4) is 0 Å². The number of aromatic nitrogens is 1. The topological polar surface area (TPSA) is 127 Å². The van der Waals surface area contributed by atoms with Gasteiger partial charge in [0.05, 0.1) is 34.9 Å². The van der Waals surface area contributed by atoms with Crippen molar-refractivity contribution in [2.45, 2.75) is 23.6 Å². The van der Waals surface area contributed by atoms with E-state index in [-0.39, 0.29) is 28.8 Å². The Bertz CT molecular complexity index is 2150. The number of methoxy groups -OCH3 is 1. The van der Waals surface area contributed by atoms with Crippen LogP contribution in [0, 0.1) is 24.1 Å². The van der Waals surface area contributed by atoms with E-state index < -0.39 is 41.2 Å². The Hall–Kier alpha value is -6.12. The molecule has 5 aromatic rings. The summed E-state index contributed by atoms with van der Waals surface area (Å²) in [6.45, 7) is 1.43. The number of benzene rings is 4. The maximum Gasteiger partial charge on any atom is 0.338 e. The van der Waals surface area contributed by atoms with E-state index in [9.17, 15) is 28.8 Å². The fourth-order valence-corrected chi connectivity index (χ4v) is 6.49. The summed E-state index contributed by atoms with van der Waals surface area (Å²) < 4.78 is 23.6. The van der Waals surface area contributed by atoms with Crippen LogP contribution in [0.4, 0.5) is 10.1 Å². The Kier molecular flexibility index (Phi) is 9.83. The average molecular weight is 686 g/mol. The highest BCUT2D eigenvalue weighted by Gasteiger charge is 2.41. The molecular weight excluding hydrogens is 658 g/mol. The molecule has 0 aliphatic carbocycles. The summed E-state index contributed by atoms with van der Waals surface area (Å²) in [5.74, 6) is -2.04. The van der Waals surface area contributed by atoms with Crippen LogP contribution in [0.1, 0.15) is 38.3 Å². The van der Waals surface area contributed by atoms with Gasteiger partial charge < -0.3 is 9.47 Å². The molecule has 248 valence electrons. The SMILES string of the molecule is COc1ccc(-c2cc(-c3ccc(C)cc3)c(C#N)c(SC3CC(=O)N(c4ccc(C(=O)OCC(=O)c5ccc(F)cc5)cc4)C3=O)n2)cc1. The van der Waals surface area contributed by atoms with Gasteiger partial charge in [-0.15, -0.1) is 0 Å². The molecule has 0 saturated carbocycles. The van der Waals surface area contributed by atoms with Crippen molar-refractivity contribution in [2.75, 3.05) is 18.6 Å². The summed E-state index contributed by atoms with van der Waals surface area (Å²) >= 11 is 1.06. The lowest BCUT2D eigenvalue weighted by Gasteiger charge is -2.17. The molecule has 50 heavy (non-hydrogen) atoms. The number of amides is 2. The highest BCUT2D eigenvalue weighted by Crippen LogP contribution is 2.39. The number of ether oxygens (including phenoxy) is 2. The van der Waals surface area contributed by atoms with Crippen molar-refractivity contribution in [1.29, 1.82) is 5.26 Å². The molecule has 1 fully saturated rings. The van der Waals surface area contributed by atoms with Gasteiger partial charge in [0, 0.05) is 23.1 Å². The third kappa shape index (κ3) is 7.16. The van der Waals surface area contributed by atoms with Crippen LogP contribution >= 0.6 is 11.8 Å². The van der Waals surface area contributed by atoms with Crippen LogP contribution in [0.5, 0.6) is 5.75 Å². The summed E-state index contributed by atoms with van der Waals surface area (Å²) in [6.07, 6.45) is -0.127. The van der Waals surface area contributed by atoms with Crippen LogP contribution in [0.15, 0.2) is 108 Å². The van der Waals surface area contributed by atoms with Crippen molar-refractivity contribution < 1.29 is 33.0 Å². The molecule has 1 aliphatic heterocycles. The lowest BCUT2D eigenvalue weighted by atomic mass is 9.98. The number of pyridine rings is 1. The Morgan fingerprint density at radius 2 is 1.56 bits per heavy atom. The molecule has 1 unspecified atom stereocenters. The van der Waals surface area contributed by atoms with Crippen molar-refractivity contribution in [3.63, 3.8) is 0 Å². The highest BCUT2D eigenvalue weighted by molar-refractivity contribution is 8.00. The largest absolute Gasteiger partial charge is 0.497 e. The van der Waals surface area contributed by atoms with Crippen LogP contribution in [0.25, 0.3) is 22.4 Å². The second-order valence-electron chi connectivity index (χ2n) is 11.4. The second kappa shape index (κ2) is 14.6. The number of rotatable bonds is 10. The molecule has 1 aliphatic rings. The van der Waals surface area contributed by atoms with Gasteiger partial charge in [-0.1, -0.05) is 41.6 Å². The van der Waals surface area contributed by atoms with Crippen molar-refractivity contribution >= 4 is 41.0 Å². The molecule has 1 aromatic heterocycles. The normalized spacial score (nSPS) is 14.0. The Labute approximate surface area is 291 Å². The zero-order valence-corrected chi connectivity index (χ0v) is 27.7. The minimum atomic E-state index is -0.860. The quantitative estimate of drug-likeness (QED) is 0.0852. The summed E-state index contributed by atoms with van der Waals surface area (Å²) in [7, 11) is 1.58. The maximum atomic E-state index is 13.7. The molecule has 11 heteroatoms. The Balaban J connectivity index is 1.22. The van der Waals surface area contributed by atoms with Gasteiger partial charge in [-0.25, -0.2) is 19.1 Å². The highest BCUT2D eigenvalue weighted by atomic mass is 32.2. The van der Waals surface area contributed by atoms with Gasteiger partial charge in [-0.2, -0.15) is 5.26 Å². The average Bonchev–Trinajstić information content (AvgIpc) is 3.42. The van der Waals surface area contributed by atoms with E-state index in [1.165, 1.54) is 36.4 Å². The number of anilines is 1. The monoisotopic (exact) mass is 685 g/mol. The molecule has 1 atom stereocenters. The standard InChI is InChI=1S/C39H28FN3O6S/c1-23-3-5-24(6-4-23)31-19-33(25-11-17-30(48-2)18-12-25)42-37(32(31)21-41)50-35-20-36(45)43(38(35)46)29-15-9-27(10-16-29)39(47)49-22-34(44)26-7-13-28(40)14-8-26/h3-19,35H,20,22H2,1-2H3. The molecule has 2 heterocycles. The molecule has 6 rings (SSSR count). The van der Waals surface area contributed by atoms with Gasteiger partial charge in [-0.3, -0.25) is 14.4 Å². The Morgan fingerprint density at radius 1 is 0.920 bits per heavy atom. The lowest BCUT2D eigenvalue weighted by molar-refractivity contribution is -0.121. The van der Waals surface area contributed by atoms with Crippen LogP contribution in [0.2, 0.25) is 0 Å². The maximum absolute atomic E-state index is 13.7. The van der Waals surface area contributed by atoms with Crippen molar-refractivity contribution in [3.8, 4) is 34.2 Å². The first-order chi connectivity index (χ1) is 24.1. The Morgan fingerprint density at radius 3 is 2.20 bits per heavy atom. The van der Waals surface area contributed by atoms with Crippen LogP contribution in [-0.2, 0) is 14.3 Å². The molecule has 0 bridgehead atoms. The molecule has 0 spiro atoms. The molecule has 1 saturated heterocycles.